The number of hydrogen-bond acceptors (Lipinski definition) is 4. The largest absolute Gasteiger partial charge is 0.481 e. The summed E-state index contributed by atoms with van der Waals surface area (Å²) in [4.78, 5) is 36.0. The Morgan fingerprint density at radius 1 is 1.00 bits per heavy atom. The van der Waals surface area contributed by atoms with Crippen molar-refractivity contribution in [2.24, 2.45) is 11.3 Å². The first-order valence-corrected chi connectivity index (χ1v) is 11.2. The molecule has 7 heteroatoms. The van der Waals surface area contributed by atoms with Gasteiger partial charge in [0.2, 0.25) is 5.91 Å². The zero-order valence-electron chi connectivity index (χ0n) is 19.6. The average molecular weight is 453 g/mol. The highest BCUT2D eigenvalue weighted by molar-refractivity contribution is 5.81. The van der Waals surface area contributed by atoms with Gasteiger partial charge in [0, 0.05) is 18.5 Å². The molecule has 1 aliphatic carbocycles. The summed E-state index contributed by atoms with van der Waals surface area (Å²) in [6, 6.07) is 15.8. The molecule has 176 valence electrons. The van der Waals surface area contributed by atoms with Gasteiger partial charge in [-0.25, -0.2) is 4.79 Å². The molecule has 2 atom stereocenters. The van der Waals surface area contributed by atoms with Gasteiger partial charge in [0.25, 0.3) is 0 Å². The average Bonchev–Trinajstić information content (AvgIpc) is 3.10. The molecule has 3 N–H and O–H groups in total. The van der Waals surface area contributed by atoms with Crippen LogP contribution in [-0.2, 0) is 14.3 Å². The summed E-state index contributed by atoms with van der Waals surface area (Å²) in [6.45, 7) is 7.15. The van der Waals surface area contributed by atoms with Crippen LogP contribution in [0.1, 0.15) is 51.2 Å². The van der Waals surface area contributed by atoms with Gasteiger partial charge in [0.1, 0.15) is 6.61 Å². The molecule has 0 saturated carbocycles. The summed E-state index contributed by atoms with van der Waals surface area (Å²) < 4.78 is 5.55. The molecule has 1 aliphatic rings. The van der Waals surface area contributed by atoms with E-state index in [2.05, 4.69) is 34.9 Å². The Balaban J connectivity index is 1.51. The van der Waals surface area contributed by atoms with E-state index in [9.17, 15) is 14.4 Å². The molecule has 0 aliphatic heterocycles. The molecule has 0 bridgehead atoms. The number of benzene rings is 2. The first-order valence-electron chi connectivity index (χ1n) is 11.2. The van der Waals surface area contributed by atoms with E-state index >= 15 is 0 Å². The third-order valence-electron chi connectivity index (χ3n) is 6.48. The van der Waals surface area contributed by atoms with Gasteiger partial charge in [0.05, 0.1) is 11.3 Å². The van der Waals surface area contributed by atoms with Gasteiger partial charge in [-0.1, -0.05) is 55.5 Å². The molecule has 0 aromatic heterocycles. The predicted octanol–water partition coefficient (Wildman–Crippen LogP) is 4.17. The van der Waals surface area contributed by atoms with Crippen molar-refractivity contribution in [2.45, 2.75) is 46.1 Å². The number of carbonyl (C=O) groups excluding carboxylic acids is 2. The van der Waals surface area contributed by atoms with E-state index in [-0.39, 0.29) is 25.0 Å². The fraction of sp³-hybridized carbons (Fsp3) is 0.423. The Kier molecular flexibility index (Phi) is 7.41. The third kappa shape index (κ3) is 5.53. The highest BCUT2D eigenvalue weighted by Gasteiger charge is 2.30. The SMILES string of the molecule is CC(NC(=O)OCC1c2ccccc2-c2ccccc21)C(C)C(=O)NCCC(C)(C)C(=O)O. The molecule has 0 radical (unpaired) electrons. The number of alkyl carbamates (subject to hydrolysis) is 1. The second-order valence-corrected chi connectivity index (χ2v) is 9.28. The molecule has 0 saturated heterocycles. The standard InChI is InChI=1S/C26H32N2O5/c1-16(23(29)27-14-13-26(3,4)24(30)31)17(2)28-25(32)33-15-22-20-11-7-5-9-18(20)19-10-6-8-12-21(19)22/h5-12,16-17,22H,13-15H2,1-4H3,(H,27,29)(H,28,32)(H,30,31). The van der Waals surface area contributed by atoms with Crippen LogP contribution in [0.25, 0.3) is 11.1 Å². The van der Waals surface area contributed by atoms with Crippen LogP contribution in [0.5, 0.6) is 0 Å². The van der Waals surface area contributed by atoms with Crippen LogP contribution in [0.15, 0.2) is 48.5 Å². The van der Waals surface area contributed by atoms with Crippen molar-refractivity contribution in [3.8, 4) is 11.1 Å². The Bertz CT molecular complexity index is 987. The summed E-state index contributed by atoms with van der Waals surface area (Å²) in [6.07, 6.45) is -0.259. The maximum Gasteiger partial charge on any atom is 0.407 e. The van der Waals surface area contributed by atoms with E-state index in [1.165, 1.54) is 0 Å². The van der Waals surface area contributed by atoms with Gasteiger partial charge >= 0.3 is 12.1 Å². The maximum absolute atomic E-state index is 12.5. The quantitative estimate of drug-likeness (QED) is 0.530. The molecule has 7 nitrogen and oxygen atoms in total. The van der Waals surface area contributed by atoms with Crippen molar-refractivity contribution in [1.82, 2.24) is 10.6 Å². The van der Waals surface area contributed by atoms with Crippen molar-refractivity contribution in [3.63, 3.8) is 0 Å². The number of carboxylic acid groups (broad SMARTS) is 1. The van der Waals surface area contributed by atoms with Crippen LogP contribution < -0.4 is 10.6 Å². The number of carbonyl (C=O) groups is 3. The summed E-state index contributed by atoms with van der Waals surface area (Å²) >= 11 is 0. The normalized spacial score (nSPS) is 14.5. The molecule has 0 fully saturated rings. The van der Waals surface area contributed by atoms with Crippen LogP contribution in [0.3, 0.4) is 0 Å². The van der Waals surface area contributed by atoms with Crippen LogP contribution in [0, 0.1) is 11.3 Å². The van der Waals surface area contributed by atoms with E-state index in [1.807, 2.05) is 24.3 Å². The minimum atomic E-state index is -0.915. The fourth-order valence-electron chi connectivity index (χ4n) is 3.94. The fourth-order valence-corrected chi connectivity index (χ4v) is 3.94. The minimum absolute atomic E-state index is 0.0308. The van der Waals surface area contributed by atoms with Gasteiger partial charge in [-0.05, 0) is 49.4 Å². The van der Waals surface area contributed by atoms with Crippen LogP contribution in [0.4, 0.5) is 4.79 Å². The predicted molar refractivity (Wildman–Crippen MR) is 126 cm³/mol. The summed E-state index contributed by atoms with van der Waals surface area (Å²) in [5.41, 5.74) is 3.67. The second kappa shape index (κ2) is 10.1. The highest BCUT2D eigenvalue weighted by Crippen LogP contribution is 2.44. The molecular weight excluding hydrogens is 420 g/mol. The van der Waals surface area contributed by atoms with Crippen molar-refractivity contribution in [2.75, 3.05) is 13.2 Å². The van der Waals surface area contributed by atoms with E-state index in [4.69, 9.17) is 9.84 Å². The van der Waals surface area contributed by atoms with Gasteiger partial charge in [-0.3, -0.25) is 9.59 Å². The summed E-state index contributed by atoms with van der Waals surface area (Å²) in [5.74, 6) is -1.69. The molecule has 33 heavy (non-hydrogen) atoms. The molecular formula is C26H32N2O5. The number of carboxylic acids is 1. The molecule has 2 aromatic carbocycles. The highest BCUT2D eigenvalue weighted by atomic mass is 16.5. The number of hydrogen-bond donors (Lipinski definition) is 3. The van der Waals surface area contributed by atoms with E-state index in [0.29, 0.717) is 6.42 Å². The van der Waals surface area contributed by atoms with E-state index in [0.717, 1.165) is 22.3 Å². The second-order valence-electron chi connectivity index (χ2n) is 9.28. The van der Waals surface area contributed by atoms with Crippen molar-refractivity contribution < 1.29 is 24.2 Å². The van der Waals surface area contributed by atoms with Crippen LogP contribution >= 0.6 is 0 Å². The molecule has 3 rings (SSSR count). The molecule has 2 aromatic rings. The van der Waals surface area contributed by atoms with Gasteiger partial charge in [0.15, 0.2) is 0 Å². The Hall–Kier alpha value is -3.35. The third-order valence-corrected chi connectivity index (χ3v) is 6.48. The number of aliphatic carboxylic acids is 1. The number of nitrogens with one attached hydrogen (secondary N) is 2. The van der Waals surface area contributed by atoms with Gasteiger partial charge in [-0.15, -0.1) is 0 Å². The maximum atomic E-state index is 12.5. The first-order chi connectivity index (χ1) is 15.6. The molecule has 2 amide bonds. The lowest BCUT2D eigenvalue weighted by molar-refractivity contribution is -0.147. The van der Waals surface area contributed by atoms with Crippen LogP contribution in [-0.4, -0.2) is 42.3 Å². The lowest BCUT2D eigenvalue weighted by Crippen LogP contribution is -2.45. The Morgan fingerprint density at radius 3 is 2.09 bits per heavy atom. The minimum Gasteiger partial charge on any atom is -0.481 e. The Labute approximate surface area is 194 Å². The molecule has 0 spiro atoms. The van der Waals surface area contributed by atoms with Crippen LogP contribution in [0.2, 0.25) is 0 Å². The van der Waals surface area contributed by atoms with Gasteiger partial charge < -0.3 is 20.5 Å². The lowest BCUT2D eigenvalue weighted by atomic mass is 9.89. The number of ether oxygens (including phenoxy) is 1. The zero-order chi connectivity index (χ0) is 24.2. The van der Waals surface area contributed by atoms with Crippen molar-refractivity contribution in [3.05, 3.63) is 59.7 Å². The van der Waals surface area contributed by atoms with Crippen molar-refractivity contribution >= 4 is 18.0 Å². The summed E-state index contributed by atoms with van der Waals surface area (Å²) in [7, 11) is 0. The smallest absolute Gasteiger partial charge is 0.407 e. The first kappa shape index (κ1) is 24.3. The number of fused-ring (bicyclic) bond motifs is 3. The van der Waals surface area contributed by atoms with Gasteiger partial charge in [-0.2, -0.15) is 0 Å². The Morgan fingerprint density at radius 2 is 1.55 bits per heavy atom. The van der Waals surface area contributed by atoms with Crippen molar-refractivity contribution in [1.29, 1.82) is 0 Å². The zero-order valence-corrected chi connectivity index (χ0v) is 19.6. The monoisotopic (exact) mass is 452 g/mol. The number of rotatable bonds is 9. The molecule has 2 unspecified atom stereocenters. The lowest BCUT2D eigenvalue weighted by Gasteiger charge is -2.23. The number of amides is 2. The molecule has 0 heterocycles. The van der Waals surface area contributed by atoms with E-state index in [1.54, 1.807) is 27.7 Å². The topological polar surface area (TPSA) is 105 Å². The summed E-state index contributed by atoms with van der Waals surface area (Å²) in [5, 5.41) is 14.7. The van der Waals surface area contributed by atoms with E-state index < -0.39 is 29.4 Å².